The van der Waals surface area contributed by atoms with E-state index < -0.39 is 17.9 Å². The van der Waals surface area contributed by atoms with Gasteiger partial charge in [-0.3, -0.25) is 9.59 Å². The molecule has 3 aromatic carbocycles. The van der Waals surface area contributed by atoms with Gasteiger partial charge in [-0.15, -0.1) is 0 Å². The summed E-state index contributed by atoms with van der Waals surface area (Å²) in [4.78, 5) is 22.6. The number of aliphatic carboxylic acids is 2. The topological polar surface area (TPSA) is 86.6 Å². The summed E-state index contributed by atoms with van der Waals surface area (Å²) in [5, 5.41) is 24.8. The minimum atomic E-state index is -1.52. The molecule has 0 spiro atoms. The van der Waals surface area contributed by atoms with E-state index in [1.54, 1.807) is 12.1 Å². The molecule has 0 amide bonds. The van der Waals surface area contributed by atoms with Gasteiger partial charge in [-0.1, -0.05) is 73.2 Å². The van der Waals surface area contributed by atoms with E-state index in [9.17, 15) is 19.8 Å². The van der Waals surface area contributed by atoms with Gasteiger partial charge in [-0.05, 0) is 59.6 Å². The summed E-state index contributed by atoms with van der Waals surface area (Å²) >= 11 is 0. The summed E-state index contributed by atoms with van der Waals surface area (Å²) < 4.78 is 0. The van der Waals surface area contributed by atoms with E-state index in [1.165, 1.54) is 16.3 Å². The van der Waals surface area contributed by atoms with E-state index in [1.807, 2.05) is 12.1 Å². The molecule has 3 aromatic rings. The molecule has 166 valence electrons. The van der Waals surface area contributed by atoms with Crippen LogP contribution in [0.25, 0.3) is 10.8 Å². The lowest BCUT2D eigenvalue weighted by atomic mass is 9.80. The number of nitrogens with one attached hydrogen (secondary N) is 1. The molecule has 0 heterocycles. The van der Waals surface area contributed by atoms with Crippen LogP contribution in [0.5, 0.6) is 0 Å². The fourth-order valence-electron chi connectivity index (χ4n) is 5.07. The molecular weight excluding hydrogens is 402 g/mol. The molecule has 0 saturated heterocycles. The molecule has 1 saturated carbocycles. The Hall–Kier alpha value is -3.18. The fourth-order valence-corrected chi connectivity index (χ4v) is 5.07. The molecule has 3 atom stereocenters. The van der Waals surface area contributed by atoms with Gasteiger partial charge in [-0.2, -0.15) is 0 Å². The van der Waals surface area contributed by atoms with E-state index >= 15 is 0 Å². The Morgan fingerprint density at radius 1 is 0.906 bits per heavy atom. The molecule has 1 aliphatic rings. The smallest absolute Gasteiger partial charge is 0.322 e. The van der Waals surface area contributed by atoms with Crippen molar-refractivity contribution in [1.82, 2.24) is 5.32 Å². The van der Waals surface area contributed by atoms with Gasteiger partial charge in [0.15, 0.2) is 5.92 Å². The molecule has 0 bridgehead atoms. The highest BCUT2D eigenvalue weighted by Crippen LogP contribution is 2.35. The molecule has 1 aliphatic carbocycles. The number of rotatable bonds is 7. The summed E-state index contributed by atoms with van der Waals surface area (Å²) in [5.74, 6) is -3.82. The standard InChI is InChI=1S/C27H29NO4/c1-17(23-11-5-7-19-6-2-3-10-24(19)23)28-22-9-4-8-21(16-22)18-12-14-20(15-13-18)25(26(29)30)27(31)32/h2-3,5-7,10-15,17,21-22,25,28H,4,8-9,16H2,1H3,(H,29,30)(H,31,32)/t17-,21?,22?/m1/s1. The predicted molar refractivity (Wildman–Crippen MR) is 125 cm³/mol. The second-order valence-corrected chi connectivity index (χ2v) is 8.79. The van der Waals surface area contributed by atoms with Gasteiger partial charge in [0.25, 0.3) is 0 Å². The van der Waals surface area contributed by atoms with Gasteiger partial charge >= 0.3 is 11.9 Å². The number of fused-ring (bicyclic) bond motifs is 1. The zero-order valence-corrected chi connectivity index (χ0v) is 18.2. The molecule has 5 nitrogen and oxygen atoms in total. The van der Waals surface area contributed by atoms with Gasteiger partial charge in [0.05, 0.1) is 0 Å². The molecule has 0 aromatic heterocycles. The van der Waals surface area contributed by atoms with Crippen molar-refractivity contribution >= 4 is 22.7 Å². The molecule has 3 N–H and O–H groups in total. The number of carboxylic acids is 2. The summed E-state index contributed by atoms with van der Waals surface area (Å²) in [5.41, 5.74) is 2.76. The van der Waals surface area contributed by atoms with Crippen LogP contribution in [-0.2, 0) is 9.59 Å². The van der Waals surface area contributed by atoms with Gasteiger partial charge in [0.2, 0.25) is 0 Å². The number of carbonyl (C=O) groups is 2. The van der Waals surface area contributed by atoms with Crippen LogP contribution in [0.2, 0.25) is 0 Å². The lowest BCUT2D eigenvalue weighted by Crippen LogP contribution is -2.35. The highest BCUT2D eigenvalue weighted by Gasteiger charge is 2.29. The maximum absolute atomic E-state index is 11.3. The monoisotopic (exact) mass is 431 g/mol. The van der Waals surface area contributed by atoms with E-state index in [0.717, 1.165) is 31.2 Å². The van der Waals surface area contributed by atoms with E-state index in [2.05, 4.69) is 54.7 Å². The van der Waals surface area contributed by atoms with Crippen LogP contribution in [0.4, 0.5) is 0 Å². The largest absolute Gasteiger partial charge is 0.480 e. The maximum Gasteiger partial charge on any atom is 0.322 e. The van der Waals surface area contributed by atoms with Gasteiger partial charge in [0.1, 0.15) is 0 Å². The van der Waals surface area contributed by atoms with Crippen LogP contribution in [0.15, 0.2) is 66.7 Å². The average Bonchev–Trinajstić information content (AvgIpc) is 2.79. The van der Waals surface area contributed by atoms with Crippen LogP contribution in [0.1, 0.15) is 67.2 Å². The SMILES string of the molecule is C[C@@H](NC1CCCC(c2ccc(C(C(=O)O)C(=O)O)cc2)C1)c1cccc2ccccc12. The maximum atomic E-state index is 11.3. The summed E-state index contributed by atoms with van der Waals surface area (Å²) in [6, 6.07) is 22.6. The predicted octanol–water partition coefficient (Wildman–Crippen LogP) is 5.47. The summed E-state index contributed by atoms with van der Waals surface area (Å²) in [6.45, 7) is 2.22. The first-order chi connectivity index (χ1) is 15.4. The van der Waals surface area contributed by atoms with Gasteiger partial charge < -0.3 is 15.5 Å². The zero-order chi connectivity index (χ0) is 22.7. The highest BCUT2D eigenvalue weighted by molar-refractivity contribution is 5.99. The van der Waals surface area contributed by atoms with Crippen molar-refractivity contribution in [2.45, 2.75) is 56.5 Å². The van der Waals surface area contributed by atoms with E-state index in [-0.39, 0.29) is 6.04 Å². The number of carboxylic acid groups (broad SMARTS) is 2. The second kappa shape index (κ2) is 9.53. The van der Waals surface area contributed by atoms with Crippen molar-refractivity contribution < 1.29 is 19.8 Å². The van der Waals surface area contributed by atoms with Crippen molar-refractivity contribution in [2.24, 2.45) is 0 Å². The molecular formula is C27H29NO4. The van der Waals surface area contributed by atoms with Crippen LogP contribution in [0.3, 0.4) is 0 Å². The van der Waals surface area contributed by atoms with Crippen LogP contribution in [-0.4, -0.2) is 28.2 Å². The van der Waals surface area contributed by atoms with Crippen molar-refractivity contribution in [3.63, 3.8) is 0 Å². The Labute approximate surface area is 188 Å². The first kappa shape index (κ1) is 22.0. The molecule has 2 unspecified atom stereocenters. The first-order valence-corrected chi connectivity index (χ1v) is 11.2. The van der Waals surface area contributed by atoms with Crippen LogP contribution in [0, 0.1) is 0 Å². The van der Waals surface area contributed by atoms with Crippen molar-refractivity contribution in [3.05, 3.63) is 83.4 Å². The number of hydrogen-bond donors (Lipinski definition) is 3. The van der Waals surface area contributed by atoms with E-state index in [4.69, 9.17) is 0 Å². The quantitative estimate of drug-likeness (QED) is 0.432. The third kappa shape index (κ3) is 4.68. The minimum Gasteiger partial charge on any atom is -0.480 e. The lowest BCUT2D eigenvalue weighted by Gasteiger charge is -2.32. The Morgan fingerprint density at radius 3 is 2.31 bits per heavy atom. The minimum absolute atomic E-state index is 0.235. The summed E-state index contributed by atoms with van der Waals surface area (Å²) in [6.07, 6.45) is 4.35. The summed E-state index contributed by atoms with van der Waals surface area (Å²) in [7, 11) is 0. The Balaban J connectivity index is 1.45. The molecule has 0 aliphatic heterocycles. The first-order valence-electron chi connectivity index (χ1n) is 11.2. The number of benzene rings is 3. The highest BCUT2D eigenvalue weighted by atomic mass is 16.4. The third-order valence-corrected chi connectivity index (χ3v) is 6.68. The lowest BCUT2D eigenvalue weighted by molar-refractivity contribution is -0.150. The Kier molecular flexibility index (Phi) is 6.56. The molecule has 5 heteroatoms. The van der Waals surface area contributed by atoms with Crippen molar-refractivity contribution in [1.29, 1.82) is 0 Å². The molecule has 4 rings (SSSR count). The van der Waals surface area contributed by atoms with Crippen molar-refractivity contribution in [2.75, 3.05) is 0 Å². The molecule has 32 heavy (non-hydrogen) atoms. The number of hydrogen-bond acceptors (Lipinski definition) is 3. The molecule has 1 fully saturated rings. The van der Waals surface area contributed by atoms with E-state index in [0.29, 0.717) is 17.5 Å². The Morgan fingerprint density at radius 2 is 1.59 bits per heavy atom. The van der Waals surface area contributed by atoms with Crippen LogP contribution >= 0.6 is 0 Å². The molecule has 0 radical (unpaired) electrons. The van der Waals surface area contributed by atoms with Gasteiger partial charge in [0, 0.05) is 12.1 Å². The third-order valence-electron chi connectivity index (χ3n) is 6.68. The Bertz CT molecular complexity index is 1090. The fraction of sp³-hybridized carbons (Fsp3) is 0.333. The zero-order valence-electron chi connectivity index (χ0n) is 18.2. The van der Waals surface area contributed by atoms with Gasteiger partial charge in [-0.25, -0.2) is 0 Å². The second-order valence-electron chi connectivity index (χ2n) is 8.79. The average molecular weight is 432 g/mol. The normalized spacial score (nSPS) is 19.7. The van der Waals surface area contributed by atoms with Crippen molar-refractivity contribution in [3.8, 4) is 0 Å². The van der Waals surface area contributed by atoms with Crippen LogP contribution < -0.4 is 5.32 Å².